The van der Waals surface area contributed by atoms with Crippen LogP contribution in [0.3, 0.4) is 0 Å². The Hall–Kier alpha value is -3.28. The number of phenolic OH excluding ortho intramolecular Hbond substituents is 1. The van der Waals surface area contributed by atoms with E-state index in [0.717, 1.165) is 25.6 Å². The van der Waals surface area contributed by atoms with Gasteiger partial charge in [0.15, 0.2) is 0 Å². The Morgan fingerprint density at radius 2 is 1.90 bits per heavy atom. The molecule has 2 aromatic carbocycles. The summed E-state index contributed by atoms with van der Waals surface area (Å²) in [6, 6.07) is 12.1. The number of carboxylic acid groups (broad SMARTS) is 1. The van der Waals surface area contributed by atoms with Crippen molar-refractivity contribution in [2.45, 2.75) is 6.92 Å². The summed E-state index contributed by atoms with van der Waals surface area (Å²) in [6.07, 6.45) is 1.78. The van der Waals surface area contributed by atoms with Gasteiger partial charge in [-0.1, -0.05) is 0 Å². The molecule has 4 rings (SSSR count). The van der Waals surface area contributed by atoms with Crippen LogP contribution in [0.2, 0.25) is 0 Å². The summed E-state index contributed by atoms with van der Waals surface area (Å²) in [4.78, 5) is 23.8. The van der Waals surface area contributed by atoms with E-state index in [9.17, 15) is 19.8 Å². The van der Waals surface area contributed by atoms with E-state index in [-0.39, 0.29) is 26.2 Å². The topological polar surface area (TPSA) is 95.9 Å². The number of fused-ring (bicyclic) bond motifs is 1. The Bertz CT molecular complexity index is 1190. The van der Waals surface area contributed by atoms with Crippen LogP contribution in [-0.2, 0) is 4.79 Å². The molecule has 7 heteroatoms. The van der Waals surface area contributed by atoms with Crippen LogP contribution < -0.4 is 10.1 Å². The molecule has 0 bridgehead atoms. The summed E-state index contributed by atoms with van der Waals surface area (Å²) in [5.41, 5.74) is 3.93. The van der Waals surface area contributed by atoms with Crippen LogP contribution in [-0.4, -0.2) is 43.7 Å². The van der Waals surface area contributed by atoms with Crippen LogP contribution >= 0.6 is 0 Å². The number of aryl methyl sites for hydroxylation is 1. The molecular weight excluding hydrogens is 437 g/mol. The van der Waals surface area contributed by atoms with Crippen molar-refractivity contribution in [2.75, 3.05) is 12.4 Å². The molecule has 0 unspecified atom stereocenters. The van der Waals surface area contributed by atoms with Crippen LogP contribution in [0.1, 0.15) is 24.8 Å². The summed E-state index contributed by atoms with van der Waals surface area (Å²) >= 11 is -0.108. The number of methoxy groups -OCH3 is 1. The van der Waals surface area contributed by atoms with E-state index < -0.39 is 5.97 Å². The molecule has 0 spiro atoms. The second kappa shape index (κ2) is 7.28. The van der Waals surface area contributed by atoms with Crippen LogP contribution in [0, 0.1) is 6.92 Å². The third-order valence-electron chi connectivity index (χ3n) is 4.75. The van der Waals surface area contributed by atoms with Gasteiger partial charge in [-0.2, -0.15) is 0 Å². The van der Waals surface area contributed by atoms with Crippen molar-refractivity contribution in [2.24, 2.45) is 0 Å². The number of hydrogen-bond donors (Lipinski definition) is 3. The van der Waals surface area contributed by atoms with E-state index in [4.69, 9.17) is 4.74 Å². The minimum absolute atomic E-state index is 0.108. The van der Waals surface area contributed by atoms with Crippen LogP contribution in [0.5, 0.6) is 11.5 Å². The molecule has 0 aliphatic carbocycles. The Labute approximate surface area is 172 Å². The fraction of sp³-hybridized carbons (Fsp3) is 0.0909. The molecule has 2 heterocycles. The van der Waals surface area contributed by atoms with Crippen molar-refractivity contribution < 1.29 is 24.5 Å². The number of carbonyl (C=O) groups excluding carboxylic acids is 1. The van der Waals surface area contributed by atoms with Crippen molar-refractivity contribution in [3.8, 4) is 22.6 Å². The zero-order valence-electron chi connectivity index (χ0n) is 15.6. The molecule has 1 aliphatic heterocycles. The number of benzene rings is 2. The van der Waals surface area contributed by atoms with Crippen molar-refractivity contribution in [3.05, 3.63) is 62.5 Å². The molecule has 3 N–H and O–H groups in total. The zero-order valence-corrected chi connectivity index (χ0v) is 17.4. The first-order valence-electron chi connectivity index (χ1n) is 8.76. The summed E-state index contributed by atoms with van der Waals surface area (Å²) < 4.78 is 7.05. The quantitative estimate of drug-likeness (QED) is 0.414. The fourth-order valence-corrected chi connectivity index (χ4v) is 5.38. The maximum absolute atomic E-state index is 12.5. The van der Waals surface area contributed by atoms with Gasteiger partial charge in [-0.05, 0) is 0 Å². The van der Waals surface area contributed by atoms with Gasteiger partial charge >= 0.3 is 173 Å². The van der Waals surface area contributed by atoms with E-state index in [0.29, 0.717) is 22.6 Å². The second-order valence-electron chi connectivity index (χ2n) is 6.58. The number of aromatic carboxylic acids is 1. The van der Waals surface area contributed by atoms with Gasteiger partial charge in [0.2, 0.25) is 0 Å². The average molecular weight is 454 g/mol. The summed E-state index contributed by atoms with van der Waals surface area (Å²) in [6.45, 7) is 1.81. The fourth-order valence-electron chi connectivity index (χ4n) is 3.35. The van der Waals surface area contributed by atoms with Crippen molar-refractivity contribution in [1.29, 1.82) is 0 Å². The molecule has 1 amide bonds. The maximum atomic E-state index is 12.5. The zero-order chi connectivity index (χ0) is 20.7. The number of rotatable bonds is 4. The molecule has 3 aromatic rings. The van der Waals surface area contributed by atoms with Crippen molar-refractivity contribution in [1.82, 2.24) is 0 Å². The number of anilines is 1. The first-order valence-corrected chi connectivity index (χ1v) is 10.5. The average Bonchev–Trinajstić information content (AvgIpc) is 3.21. The van der Waals surface area contributed by atoms with E-state index in [1.807, 2.05) is 25.1 Å². The normalized spacial score (nSPS) is 14.0. The van der Waals surface area contributed by atoms with Gasteiger partial charge in [0.1, 0.15) is 0 Å². The summed E-state index contributed by atoms with van der Waals surface area (Å²) in [5, 5.41) is 21.8. The predicted molar refractivity (Wildman–Crippen MR) is 112 cm³/mol. The standard InChI is InChI=1S/C22H17NO5Se/c1-11-17(22(26)27)9-14(29-11)10-18-16-5-3-12(7-19(16)23-21(18)25)15-6-4-13(24)8-20(15)28-2/h3-10,24H,1-2H3,(H,23,25)(H,26,27)/b18-10-. The number of aromatic hydroxyl groups is 1. The number of carbonyl (C=O) groups is 2. The summed E-state index contributed by atoms with van der Waals surface area (Å²) in [5.74, 6) is -0.511. The molecule has 0 saturated heterocycles. The molecule has 146 valence electrons. The first kappa shape index (κ1) is 19.1. The van der Waals surface area contributed by atoms with E-state index >= 15 is 0 Å². The number of hydrogen-bond acceptors (Lipinski definition) is 4. The molecule has 29 heavy (non-hydrogen) atoms. The van der Waals surface area contributed by atoms with E-state index in [1.54, 1.807) is 24.3 Å². The van der Waals surface area contributed by atoms with E-state index in [2.05, 4.69) is 5.32 Å². The monoisotopic (exact) mass is 455 g/mol. The number of ether oxygens (including phenoxy) is 1. The molecule has 0 atom stereocenters. The van der Waals surface area contributed by atoms with Crippen LogP contribution in [0.25, 0.3) is 22.8 Å². The van der Waals surface area contributed by atoms with Gasteiger partial charge in [-0.15, -0.1) is 0 Å². The van der Waals surface area contributed by atoms with Gasteiger partial charge in [-0.3, -0.25) is 0 Å². The first-order chi connectivity index (χ1) is 13.9. The molecule has 0 fully saturated rings. The van der Waals surface area contributed by atoms with Gasteiger partial charge in [0.05, 0.1) is 0 Å². The molecule has 0 saturated carbocycles. The van der Waals surface area contributed by atoms with Crippen molar-refractivity contribution >= 4 is 43.7 Å². The number of amides is 1. The number of carboxylic acids is 1. The molecular formula is C22H17NO5Se. The minimum atomic E-state index is -0.943. The van der Waals surface area contributed by atoms with Gasteiger partial charge < -0.3 is 0 Å². The molecule has 0 radical (unpaired) electrons. The molecule has 6 nitrogen and oxygen atoms in total. The Morgan fingerprint density at radius 3 is 2.59 bits per heavy atom. The SMILES string of the molecule is COc1cc(O)ccc1-c1ccc2c(c1)NC(=O)/C2=C\c1cc(C(=O)O)c(C)[se]1. The number of nitrogens with one attached hydrogen (secondary N) is 1. The Kier molecular flexibility index (Phi) is 4.78. The van der Waals surface area contributed by atoms with Gasteiger partial charge in [-0.25, -0.2) is 0 Å². The third kappa shape index (κ3) is 3.46. The Morgan fingerprint density at radius 1 is 1.14 bits per heavy atom. The molecule has 1 aliphatic rings. The second-order valence-corrected chi connectivity index (χ2v) is 9.28. The third-order valence-corrected chi connectivity index (χ3v) is 6.85. The van der Waals surface area contributed by atoms with Crippen LogP contribution in [0.4, 0.5) is 5.69 Å². The Balaban J connectivity index is 1.75. The number of phenols is 1. The van der Waals surface area contributed by atoms with Gasteiger partial charge in [0.25, 0.3) is 0 Å². The van der Waals surface area contributed by atoms with Crippen molar-refractivity contribution in [3.63, 3.8) is 0 Å². The van der Waals surface area contributed by atoms with E-state index in [1.165, 1.54) is 13.2 Å². The van der Waals surface area contributed by atoms with Gasteiger partial charge in [0, 0.05) is 0 Å². The molecule has 1 aromatic heterocycles. The van der Waals surface area contributed by atoms with Crippen LogP contribution in [0.15, 0.2) is 42.5 Å². The predicted octanol–water partition coefficient (Wildman–Crippen LogP) is 3.62. The summed E-state index contributed by atoms with van der Waals surface area (Å²) in [7, 11) is 1.53.